The summed E-state index contributed by atoms with van der Waals surface area (Å²) in [5.74, 6) is 0.632. The zero-order chi connectivity index (χ0) is 20.4. The molecule has 8 nitrogen and oxygen atoms in total. The van der Waals surface area contributed by atoms with E-state index >= 15 is 0 Å². The first-order valence-electron chi connectivity index (χ1n) is 8.81. The number of hydrogen-bond acceptors (Lipinski definition) is 6. The van der Waals surface area contributed by atoms with Crippen LogP contribution in [0.5, 0.6) is 17.2 Å². The number of carbonyl (C=O) groups is 2. The van der Waals surface area contributed by atoms with E-state index < -0.39 is 12.0 Å². The Balaban J connectivity index is 1.75. The fraction of sp³-hybridized carbons (Fsp3) is 0.300. The van der Waals surface area contributed by atoms with E-state index in [1.807, 2.05) is 12.1 Å². The van der Waals surface area contributed by atoms with Crippen LogP contribution in [0.3, 0.4) is 0 Å². The van der Waals surface area contributed by atoms with Crippen LogP contribution in [0.1, 0.15) is 12.5 Å². The average molecular weight is 388 g/mol. The van der Waals surface area contributed by atoms with E-state index in [1.54, 1.807) is 25.1 Å². The number of rotatable bonds is 9. The van der Waals surface area contributed by atoms with Crippen LogP contribution in [0.15, 0.2) is 42.5 Å². The lowest BCUT2D eigenvalue weighted by Crippen LogP contribution is -2.30. The van der Waals surface area contributed by atoms with Crippen molar-refractivity contribution >= 4 is 17.7 Å². The number of amides is 2. The third-order valence-electron chi connectivity index (χ3n) is 3.74. The molecule has 8 heteroatoms. The molecule has 0 heterocycles. The predicted octanol–water partition coefficient (Wildman–Crippen LogP) is 2.71. The van der Waals surface area contributed by atoms with Gasteiger partial charge in [0.15, 0.2) is 6.61 Å². The summed E-state index contributed by atoms with van der Waals surface area (Å²) in [6, 6.07) is 11.4. The van der Waals surface area contributed by atoms with Crippen LogP contribution in [0.2, 0.25) is 0 Å². The van der Waals surface area contributed by atoms with Crippen molar-refractivity contribution in [2.45, 2.75) is 13.3 Å². The summed E-state index contributed by atoms with van der Waals surface area (Å²) >= 11 is 0. The van der Waals surface area contributed by atoms with Crippen LogP contribution < -0.4 is 20.1 Å². The monoisotopic (exact) mass is 388 g/mol. The van der Waals surface area contributed by atoms with E-state index in [2.05, 4.69) is 10.6 Å². The number of nitrogens with one attached hydrogen (secondary N) is 2. The molecule has 0 saturated heterocycles. The molecule has 2 aromatic carbocycles. The highest BCUT2D eigenvalue weighted by molar-refractivity contribution is 5.91. The quantitative estimate of drug-likeness (QED) is 0.450. The van der Waals surface area contributed by atoms with Gasteiger partial charge in [-0.1, -0.05) is 12.1 Å². The first-order chi connectivity index (χ1) is 13.5. The minimum atomic E-state index is -0.432. The number of esters is 1. The molecule has 0 unspecified atom stereocenters. The fourth-order valence-electron chi connectivity index (χ4n) is 2.33. The molecule has 2 amide bonds. The van der Waals surface area contributed by atoms with Crippen molar-refractivity contribution in [3.05, 3.63) is 48.0 Å². The standard InChI is InChI=1S/C20H24N2O6/c1-3-27-19(24)13-28-15-6-4-14(5-7-15)10-11-21-20(25)22-17-12-16(26-2)8-9-18(17)23/h4-9,12,23H,3,10-11,13H2,1-2H3,(H2,21,22,25). The number of benzene rings is 2. The van der Waals surface area contributed by atoms with Crippen LogP contribution in [0, 0.1) is 0 Å². The van der Waals surface area contributed by atoms with Gasteiger partial charge in [0.1, 0.15) is 17.2 Å². The number of hydrogen-bond donors (Lipinski definition) is 3. The Morgan fingerprint density at radius 2 is 1.79 bits per heavy atom. The lowest BCUT2D eigenvalue weighted by atomic mass is 10.1. The van der Waals surface area contributed by atoms with Gasteiger partial charge < -0.3 is 30.0 Å². The fourth-order valence-corrected chi connectivity index (χ4v) is 2.33. The molecule has 0 aliphatic carbocycles. The molecule has 0 spiro atoms. The second kappa shape index (κ2) is 10.7. The van der Waals surface area contributed by atoms with Crippen LogP contribution in [-0.4, -0.2) is 44.0 Å². The maximum absolute atomic E-state index is 12.0. The Morgan fingerprint density at radius 1 is 1.07 bits per heavy atom. The van der Waals surface area contributed by atoms with E-state index in [-0.39, 0.29) is 18.0 Å². The smallest absolute Gasteiger partial charge is 0.344 e. The molecule has 0 aliphatic heterocycles. The number of phenolic OH excluding ortho intramolecular Hbond substituents is 1. The first kappa shape index (κ1) is 20.9. The number of carbonyl (C=O) groups excluding carboxylic acids is 2. The first-order valence-corrected chi connectivity index (χ1v) is 8.81. The number of ether oxygens (including phenoxy) is 3. The zero-order valence-corrected chi connectivity index (χ0v) is 15.9. The highest BCUT2D eigenvalue weighted by Crippen LogP contribution is 2.27. The van der Waals surface area contributed by atoms with E-state index in [1.165, 1.54) is 19.2 Å². The highest BCUT2D eigenvalue weighted by Gasteiger charge is 2.08. The molecule has 2 aromatic rings. The van der Waals surface area contributed by atoms with Gasteiger partial charge in [0.2, 0.25) is 0 Å². The molecule has 0 aromatic heterocycles. The Kier molecular flexibility index (Phi) is 7.95. The van der Waals surface area contributed by atoms with E-state index in [0.717, 1.165) is 5.56 Å². The van der Waals surface area contributed by atoms with Crippen molar-refractivity contribution in [2.75, 3.05) is 32.2 Å². The molecule has 28 heavy (non-hydrogen) atoms. The summed E-state index contributed by atoms with van der Waals surface area (Å²) < 4.78 is 15.2. The summed E-state index contributed by atoms with van der Waals surface area (Å²) in [5.41, 5.74) is 1.26. The predicted molar refractivity (Wildman–Crippen MR) is 104 cm³/mol. The lowest BCUT2D eigenvalue weighted by Gasteiger charge is -2.11. The molecular formula is C20H24N2O6. The number of anilines is 1. The maximum Gasteiger partial charge on any atom is 0.344 e. The van der Waals surface area contributed by atoms with Crippen molar-refractivity contribution in [1.29, 1.82) is 0 Å². The van der Waals surface area contributed by atoms with Crippen LogP contribution >= 0.6 is 0 Å². The Labute approximate surface area is 163 Å². The molecule has 0 bridgehead atoms. The van der Waals surface area contributed by atoms with E-state index in [0.29, 0.717) is 31.1 Å². The lowest BCUT2D eigenvalue weighted by molar-refractivity contribution is -0.145. The van der Waals surface area contributed by atoms with Crippen LogP contribution in [-0.2, 0) is 16.0 Å². The second-order valence-electron chi connectivity index (χ2n) is 5.75. The van der Waals surface area contributed by atoms with Gasteiger partial charge in [-0.2, -0.15) is 0 Å². The third-order valence-corrected chi connectivity index (χ3v) is 3.74. The van der Waals surface area contributed by atoms with Crippen molar-refractivity contribution in [2.24, 2.45) is 0 Å². The van der Waals surface area contributed by atoms with Gasteiger partial charge in [-0.3, -0.25) is 0 Å². The van der Waals surface area contributed by atoms with Gasteiger partial charge in [-0.15, -0.1) is 0 Å². The zero-order valence-electron chi connectivity index (χ0n) is 15.9. The second-order valence-corrected chi connectivity index (χ2v) is 5.75. The molecule has 0 saturated carbocycles. The number of urea groups is 1. The average Bonchev–Trinajstić information content (AvgIpc) is 2.69. The third kappa shape index (κ3) is 6.71. The summed E-state index contributed by atoms with van der Waals surface area (Å²) in [7, 11) is 1.50. The largest absolute Gasteiger partial charge is 0.506 e. The van der Waals surface area contributed by atoms with E-state index in [4.69, 9.17) is 14.2 Å². The molecule has 3 N–H and O–H groups in total. The number of aromatic hydroxyl groups is 1. The molecular weight excluding hydrogens is 364 g/mol. The molecule has 0 aliphatic rings. The summed E-state index contributed by atoms with van der Waals surface area (Å²) in [4.78, 5) is 23.2. The summed E-state index contributed by atoms with van der Waals surface area (Å²) in [5, 5.41) is 15.1. The highest BCUT2D eigenvalue weighted by atomic mass is 16.6. The van der Waals surface area contributed by atoms with Crippen molar-refractivity contribution in [1.82, 2.24) is 5.32 Å². The number of methoxy groups -OCH3 is 1. The van der Waals surface area contributed by atoms with Gasteiger partial charge in [-0.05, 0) is 43.2 Å². The van der Waals surface area contributed by atoms with Crippen molar-refractivity contribution in [3.63, 3.8) is 0 Å². The minimum absolute atomic E-state index is 0.0469. The Morgan fingerprint density at radius 3 is 2.46 bits per heavy atom. The van der Waals surface area contributed by atoms with Crippen molar-refractivity contribution in [3.8, 4) is 17.2 Å². The van der Waals surface area contributed by atoms with Crippen LogP contribution in [0.4, 0.5) is 10.5 Å². The summed E-state index contributed by atoms with van der Waals surface area (Å²) in [6.07, 6.45) is 0.607. The maximum atomic E-state index is 12.0. The van der Waals surface area contributed by atoms with Crippen LogP contribution in [0.25, 0.3) is 0 Å². The topological polar surface area (TPSA) is 106 Å². The Hall–Kier alpha value is -3.42. The van der Waals surface area contributed by atoms with E-state index in [9.17, 15) is 14.7 Å². The van der Waals surface area contributed by atoms with Gasteiger partial charge in [0.25, 0.3) is 0 Å². The molecule has 2 rings (SSSR count). The molecule has 150 valence electrons. The SMILES string of the molecule is CCOC(=O)COc1ccc(CCNC(=O)Nc2cc(OC)ccc2O)cc1. The molecule has 0 radical (unpaired) electrons. The minimum Gasteiger partial charge on any atom is -0.506 e. The van der Waals surface area contributed by atoms with Gasteiger partial charge in [-0.25, -0.2) is 9.59 Å². The van der Waals surface area contributed by atoms with Gasteiger partial charge in [0, 0.05) is 12.6 Å². The van der Waals surface area contributed by atoms with Crippen molar-refractivity contribution < 1.29 is 28.9 Å². The normalized spacial score (nSPS) is 10.1. The Bertz CT molecular complexity index is 792. The molecule has 0 fully saturated rings. The van der Waals surface area contributed by atoms with Gasteiger partial charge >= 0.3 is 12.0 Å². The summed E-state index contributed by atoms with van der Waals surface area (Å²) in [6.45, 7) is 2.32. The van der Waals surface area contributed by atoms with Gasteiger partial charge in [0.05, 0.1) is 19.4 Å². The number of phenols is 1. The molecule has 0 atom stereocenters.